The minimum atomic E-state index is -4.08. The van der Waals surface area contributed by atoms with Crippen LogP contribution < -0.4 is 5.32 Å². The first-order valence-corrected chi connectivity index (χ1v) is 6.41. The SMILES string of the molecule is CCCN(CCCNC(C)CC)CC(F)(F)F. The molecular formula is C12H25F3N2. The van der Waals surface area contributed by atoms with E-state index in [1.54, 1.807) is 0 Å². The molecule has 0 spiro atoms. The molecule has 0 fully saturated rings. The van der Waals surface area contributed by atoms with E-state index in [-0.39, 0.29) is 0 Å². The second-order valence-corrected chi connectivity index (χ2v) is 4.51. The molecule has 0 aromatic carbocycles. The number of nitrogens with zero attached hydrogens (tertiary/aromatic N) is 1. The monoisotopic (exact) mass is 254 g/mol. The van der Waals surface area contributed by atoms with Crippen LogP contribution >= 0.6 is 0 Å². The molecule has 0 rings (SSSR count). The van der Waals surface area contributed by atoms with Crippen LogP contribution in [0.2, 0.25) is 0 Å². The number of alkyl halides is 3. The third kappa shape index (κ3) is 10.6. The Bertz CT molecular complexity index is 183. The van der Waals surface area contributed by atoms with Gasteiger partial charge in [-0.05, 0) is 45.8 Å². The van der Waals surface area contributed by atoms with Gasteiger partial charge in [0.15, 0.2) is 0 Å². The second-order valence-electron chi connectivity index (χ2n) is 4.51. The first-order chi connectivity index (χ1) is 7.89. The van der Waals surface area contributed by atoms with Gasteiger partial charge in [-0.15, -0.1) is 0 Å². The van der Waals surface area contributed by atoms with Crippen molar-refractivity contribution in [2.45, 2.75) is 52.3 Å². The van der Waals surface area contributed by atoms with Gasteiger partial charge in [0, 0.05) is 6.04 Å². The second kappa shape index (κ2) is 8.75. The van der Waals surface area contributed by atoms with E-state index in [0.29, 0.717) is 19.1 Å². The summed E-state index contributed by atoms with van der Waals surface area (Å²) in [5, 5.41) is 3.28. The van der Waals surface area contributed by atoms with Crippen molar-refractivity contribution < 1.29 is 13.2 Å². The maximum Gasteiger partial charge on any atom is 0.401 e. The molecule has 1 atom stereocenters. The number of halogens is 3. The predicted octanol–water partition coefficient (Wildman–Crippen LogP) is 3.04. The van der Waals surface area contributed by atoms with E-state index < -0.39 is 12.7 Å². The smallest absolute Gasteiger partial charge is 0.314 e. The average Bonchev–Trinajstić information content (AvgIpc) is 2.22. The van der Waals surface area contributed by atoms with Crippen LogP contribution in [0.15, 0.2) is 0 Å². The highest BCUT2D eigenvalue weighted by atomic mass is 19.4. The summed E-state index contributed by atoms with van der Waals surface area (Å²) in [6.07, 6.45) is -1.52. The molecule has 0 saturated heterocycles. The van der Waals surface area contributed by atoms with Gasteiger partial charge in [-0.3, -0.25) is 4.90 Å². The van der Waals surface area contributed by atoms with E-state index in [1.807, 2.05) is 6.92 Å². The largest absolute Gasteiger partial charge is 0.401 e. The maximum atomic E-state index is 12.3. The Hall–Kier alpha value is -0.290. The molecule has 2 nitrogen and oxygen atoms in total. The van der Waals surface area contributed by atoms with Crippen LogP contribution in [0.5, 0.6) is 0 Å². The molecular weight excluding hydrogens is 229 g/mol. The molecule has 0 aliphatic rings. The van der Waals surface area contributed by atoms with Gasteiger partial charge < -0.3 is 5.32 Å². The molecule has 0 amide bonds. The lowest BCUT2D eigenvalue weighted by atomic mass is 10.2. The van der Waals surface area contributed by atoms with Crippen molar-refractivity contribution in [1.82, 2.24) is 10.2 Å². The molecule has 17 heavy (non-hydrogen) atoms. The van der Waals surface area contributed by atoms with Crippen molar-refractivity contribution in [2.75, 3.05) is 26.2 Å². The molecule has 0 bridgehead atoms. The topological polar surface area (TPSA) is 15.3 Å². The normalized spacial score (nSPS) is 14.3. The minimum absolute atomic E-state index is 0.442. The minimum Gasteiger partial charge on any atom is -0.314 e. The summed E-state index contributed by atoms with van der Waals surface area (Å²) in [7, 11) is 0. The van der Waals surface area contributed by atoms with E-state index in [4.69, 9.17) is 0 Å². The third-order valence-corrected chi connectivity index (χ3v) is 2.70. The van der Waals surface area contributed by atoms with Gasteiger partial charge in [-0.2, -0.15) is 13.2 Å². The van der Waals surface area contributed by atoms with Crippen LogP contribution in [0, 0.1) is 0 Å². The highest BCUT2D eigenvalue weighted by Crippen LogP contribution is 2.16. The zero-order valence-corrected chi connectivity index (χ0v) is 11.1. The Labute approximate surface area is 103 Å². The maximum absolute atomic E-state index is 12.3. The predicted molar refractivity (Wildman–Crippen MR) is 65.2 cm³/mol. The first-order valence-electron chi connectivity index (χ1n) is 6.41. The van der Waals surface area contributed by atoms with E-state index in [0.717, 1.165) is 25.8 Å². The van der Waals surface area contributed by atoms with E-state index in [1.165, 1.54) is 4.90 Å². The molecule has 0 heterocycles. The Kier molecular flexibility index (Phi) is 8.60. The Balaban J connectivity index is 3.77. The van der Waals surface area contributed by atoms with Crippen molar-refractivity contribution >= 4 is 0 Å². The first kappa shape index (κ1) is 16.7. The van der Waals surface area contributed by atoms with E-state index >= 15 is 0 Å². The average molecular weight is 254 g/mol. The number of rotatable bonds is 9. The molecule has 1 unspecified atom stereocenters. The Morgan fingerprint density at radius 1 is 1.18 bits per heavy atom. The van der Waals surface area contributed by atoms with Crippen molar-refractivity contribution in [3.8, 4) is 0 Å². The highest BCUT2D eigenvalue weighted by Gasteiger charge is 2.29. The van der Waals surface area contributed by atoms with Gasteiger partial charge in [0.25, 0.3) is 0 Å². The van der Waals surface area contributed by atoms with Crippen LogP contribution in [-0.2, 0) is 0 Å². The Morgan fingerprint density at radius 2 is 1.82 bits per heavy atom. The fraction of sp³-hybridized carbons (Fsp3) is 1.00. The van der Waals surface area contributed by atoms with Crippen LogP contribution in [0.1, 0.15) is 40.0 Å². The zero-order chi connectivity index (χ0) is 13.3. The van der Waals surface area contributed by atoms with Crippen LogP contribution in [0.25, 0.3) is 0 Å². The molecule has 0 saturated carbocycles. The van der Waals surface area contributed by atoms with E-state index in [9.17, 15) is 13.2 Å². The fourth-order valence-corrected chi connectivity index (χ4v) is 1.64. The summed E-state index contributed by atoms with van der Waals surface area (Å²) < 4.78 is 36.8. The highest BCUT2D eigenvalue weighted by molar-refractivity contribution is 4.65. The lowest BCUT2D eigenvalue weighted by molar-refractivity contribution is -0.146. The van der Waals surface area contributed by atoms with E-state index in [2.05, 4.69) is 19.2 Å². The van der Waals surface area contributed by atoms with Crippen molar-refractivity contribution in [3.05, 3.63) is 0 Å². The van der Waals surface area contributed by atoms with Gasteiger partial charge in [-0.25, -0.2) is 0 Å². The summed E-state index contributed by atoms with van der Waals surface area (Å²) in [5.41, 5.74) is 0. The van der Waals surface area contributed by atoms with Crippen LogP contribution in [0.3, 0.4) is 0 Å². The fourth-order valence-electron chi connectivity index (χ4n) is 1.64. The molecule has 0 aliphatic carbocycles. The number of hydrogen-bond donors (Lipinski definition) is 1. The molecule has 0 aromatic rings. The summed E-state index contributed by atoms with van der Waals surface area (Å²) in [6.45, 7) is 7.10. The van der Waals surface area contributed by atoms with Gasteiger partial charge in [-0.1, -0.05) is 13.8 Å². The van der Waals surface area contributed by atoms with Crippen molar-refractivity contribution in [2.24, 2.45) is 0 Å². The zero-order valence-electron chi connectivity index (χ0n) is 11.1. The van der Waals surface area contributed by atoms with Crippen molar-refractivity contribution in [3.63, 3.8) is 0 Å². The molecule has 1 N–H and O–H groups in total. The molecule has 5 heteroatoms. The third-order valence-electron chi connectivity index (χ3n) is 2.70. The number of hydrogen-bond acceptors (Lipinski definition) is 2. The van der Waals surface area contributed by atoms with Gasteiger partial charge in [0.1, 0.15) is 0 Å². The number of nitrogens with one attached hydrogen (secondary N) is 1. The molecule has 0 radical (unpaired) electrons. The lowest BCUT2D eigenvalue weighted by Crippen LogP contribution is -2.37. The quantitative estimate of drug-likeness (QED) is 0.636. The molecule has 0 aromatic heterocycles. The summed E-state index contributed by atoms with van der Waals surface area (Å²) in [4.78, 5) is 1.48. The standard InChI is InChI=1S/C12H25F3N2/c1-4-8-17(10-12(13,14)15)9-6-7-16-11(3)5-2/h11,16H,4-10H2,1-3H3. The summed E-state index contributed by atoms with van der Waals surface area (Å²) >= 11 is 0. The lowest BCUT2D eigenvalue weighted by Gasteiger charge is -2.23. The van der Waals surface area contributed by atoms with Gasteiger partial charge >= 0.3 is 6.18 Å². The molecule has 0 aliphatic heterocycles. The molecule has 104 valence electrons. The summed E-state index contributed by atoms with van der Waals surface area (Å²) in [6, 6.07) is 0.442. The van der Waals surface area contributed by atoms with Crippen LogP contribution in [-0.4, -0.2) is 43.3 Å². The summed E-state index contributed by atoms with van der Waals surface area (Å²) in [5.74, 6) is 0. The van der Waals surface area contributed by atoms with Gasteiger partial charge in [0.2, 0.25) is 0 Å². The van der Waals surface area contributed by atoms with Gasteiger partial charge in [0.05, 0.1) is 6.54 Å². The van der Waals surface area contributed by atoms with Crippen molar-refractivity contribution in [1.29, 1.82) is 0 Å². The van der Waals surface area contributed by atoms with Crippen LogP contribution in [0.4, 0.5) is 13.2 Å². The Morgan fingerprint density at radius 3 is 2.29 bits per heavy atom.